The molecule has 0 spiro atoms. The van der Waals surface area contributed by atoms with Gasteiger partial charge in [0, 0.05) is 67.8 Å². The van der Waals surface area contributed by atoms with Crippen LogP contribution in [-0.4, -0.2) is 78.0 Å². The monoisotopic (exact) mass is 738 g/mol. The molecule has 0 radical (unpaired) electrons. The SMILES string of the molecule is CC(C)(C)[C@H](c1cc(-c2cc(F)ccc2F)cn1Cc1ccccc1)N(CC1CCNC1)C(=O)CSCCC(=O)NCCNC(=O)CCCCCN. The molecule has 52 heavy (non-hydrogen) atoms. The van der Waals surface area contributed by atoms with Crippen molar-refractivity contribution >= 4 is 29.5 Å². The first kappa shape index (κ1) is 41.0. The van der Waals surface area contributed by atoms with Crippen LogP contribution in [0.2, 0.25) is 0 Å². The highest BCUT2D eigenvalue weighted by atomic mass is 32.2. The number of carbonyl (C=O) groups excluding carboxylic acids is 3. The second-order valence-electron chi connectivity index (χ2n) is 14.7. The number of aromatic nitrogens is 1. The lowest BCUT2D eigenvalue weighted by Crippen LogP contribution is -2.45. The van der Waals surface area contributed by atoms with Gasteiger partial charge in [0.2, 0.25) is 17.7 Å². The third-order valence-corrected chi connectivity index (χ3v) is 10.2. The second kappa shape index (κ2) is 20.5. The molecule has 1 aliphatic heterocycles. The van der Waals surface area contributed by atoms with Crippen LogP contribution in [0.25, 0.3) is 11.1 Å². The summed E-state index contributed by atoms with van der Waals surface area (Å²) in [6.07, 6.45) is 6.15. The summed E-state index contributed by atoms with van der Waals surface area (Å²) in [5.41, 5.74) is 7.69. The van der Waals surface area contributed by atoms with Crippen LogP contribution >= 0.6 is 11.8 Å². The Morgan fingerprint density at radius 3 is 2.40 bits per heavy atom. The van der Waals surface area contributed by atoms with Gasteiger partial charge in [-0.15, -0.1) is 0 Å². The maximum Gasteiger partial charge on any atom is 0.233 e. The van der Waals surface area contributed by atoms with Gasteiger partial charge in [-0.05, 0) is 80.1 Å². The van der Waals surface area contributed by atoms with E-state index in [-0.39, 0.29) is 47.4 Å². The lowest BCUT2D eigenvalue weighted by Gasteiger charge is -2.42. The van der Waals surface area contributed by atoms with Gasteiger partial charge >= 0.3 is 0 Å². The predicted molar refractivity (Wildman–Crippen MR) is 206 cm³/mol. The molecule has 1 fully saturated rings. The lowest BCUT2D eigenvalue weighted by atomic mass is 9.82. The predicted octanol–water partition coefficient (Wildman–Crippen LogP) is 5.88. The van der Waals surface area contributed by atoms with E-state index in [4.69, 9.17) is 5.73 Å². The number of nitrogens with two attached hydrogens (primary N) is 1. The highest BCUT2D eigenvalue weighted by Gasteiger charge is 2.38. The first-order chi connectivity index (χ1) is 25.0. The summed E-state index contributed by atoms with van der Waals surface area (Å²) in [5.74, 6) is -0.283. The summed E-state index contributed by atoms with van der Waals surface area (Å²) in [6.45, 7) is 10.4. The largest absolute Gasteiger partial charge is 0.354 e. The van der Waals surface area contributed by atoms with Crippen LogP contribution in [0.3, 0.4) is 0 Å². The van der Waals surface area contributed by atoms with Gasteiger partial charge in [0.1, 0.15) is 11.6 Å². The minimum absolute atomic E-state index is 0.0302. The standard InChI is InChI=1S/C40H56F2N6O3S/c1-40(2,3)39(35-22-31(33-23-32(41)13-14-34(33)42)27-47(35)25-29-10-6-4-7-11-29)48(26-30-15-18-44-24-30)38(51)28-52-21-16-37(50)46-20-19-45-36(49)12-8-5-9-17-43/h4,6-7,10-11,13-14,22-23,27,30,39,44H,5,8-9,12,15-21,24-26,28,43H2,1-3H3,(H,45,49)(H,46,50)/t30?,39-/m0/s1. The first-order valence-corrected chi connectivity index (χ1v) is 19.6. The fraction of sp³-hybridized carbons (Fsp3) is 0.525. The Hall–Kier alpha value is -3.74. The Morgan fingerprint density at radius 1 is 1.00 bits per heavy atom. The fourth-order valence-corrected chi connectivity index (χ4v) is 7.52. The van der Waals surface area contributed by atoms with Crippen LogP contribution in [-0.2, 0) is 20.9 Å². The Labute approximate surface area is 311 Å². The molecule has 0 bridgehead atoms. The van der Waals surface area contributed by atoms with Gasteiger partial charge < -0.3 is 31.2 Å². The van der Waals surface area contributed by atoms with Crippen LogP contribution in [0.5, 0.6) is 0 Å². The molecule has 12 heteroatoms. The van der Waals surface area contributed by atoms with E-state index < -0.39 is 17.0 Å². The number of amides is 3. The molecule has 2 atom stereocenters. The molecule has 0 aliphatic carbocycles. The molecule has 0 saturated carbocycles. The molecule has 5 N–H and O–H groups in total. The molecular weight excluding hydrogens is 683 g/mol. The Bertz CT molecular complexity index is 1590. The molecule has 3 amide bonds. The molecule has 2 aromatic carbocycles. The second-order valence-corrected chi connectivity index (χ2v) is 15.8. The van der Waals surface area contributed by atoms with Gasteiger partial charge in [-0.1, -0.05) is 57.5 Å². The average Bonchev–Trinajstić information content (AvgIpc) is 3.78. The van der Waals surface area contributed by atoms with Crippen molar-refractivity contribution in [3.8, 4) is 11.1 Å². The number of hydrogen-bond acceptors (Lipinski definition) is 6. The number of benzene rings is 2. The van der Waals surface area contributed by atoms with Gasteiger partial charge in [-0.25, -0.2) is 8.78 Å². The zero-order valence-electron chi connectivity index (χ0n) is 30.9. The summed E-state index contributed by atoms with van der Waals surface area (Å²) in [4.78, 5) is 40.7. The minimum Gasteiger partial charge on any atom is -0.354 e. The van der Waals surface area contributed by atoms with Gasteiger partial charge in [-0.2, -0.15) is 11.8 Å². The van der Waals surface area contributed by atoms with E-state index in [1.54, 1.807) is 0 Å². The van der Waals surface area contributed by atoms with E-state index in [2.05, 4.69) is 41.3 Å². The smallest absolute Gasteiger partial charge is 0.233 e. The average molecular weight is 739 g/mol. The number of thioether (sulfide) groups is 1. The van der Waals surface area contributed by atoms with Crippen molar-refractivity contribution in [2.24, 2.45) is 17.1 Å². The molecule has 284 valence electrons. The molecule has 1 saturated heterocycles. The molecule has 4 rings (SSSR count). The van der Waals surface area contributed by atoms with Crippen LogP contribution in [0.1, 0.15) is 76.6 Å². The first-order valence-electron chi connectivity index (χ1n) is 18.5. The number of rotatable bonds is 20. The van der Waals surface area contributed by atoms with Crippen molar-refractivity contribution in [2.45, 2.75) is 71.9 Å². The fourth-order valence-electron chi connectivity index (χ4n) is 6.71. The summed E-state index contributed by atoms with van der Waals surface area (Å²) in [6, 6.07) is 15.0. The molecule has 9 nitrogen and oxygen atoms in total. The summed E-state index contributed by atoms with van der Waals surface area (Å²) in [7, 11) is 0. The van der Waals surface area contributed by atoms with Crippen molar-refractivity contribution in [3.63, 3.8) is 0 Å². The Kier molecular flexibility index (Phi) is 16.2. The van der Waals surface area contributed by atoms with Crippen molar-refractivity contribution < 1.29 is 23.2 Å². The highest BCUT2D eigenvalue weighted by molar-refractivity contribution is 7.99. The van der Waals surface area contributed by atoms with Crippen molar-refractivity contribution in [1.29, 1.82) is 0 Å². The van der Waals surface area contributed by atoms with Crippen LogP contribution in [0, 0.1) is 23.0 Å². The molecule has 1 unspecified atom stereocenters. The van der Waals surface area contributed by atoms with Crippen molar-refractivity contribution in [2.75, 3.05) is 50.8 Å². The number of hydrogen-bond donors (Lipinski definition) is 4. The number of unbranched alkanes of at least 4 members (excludes halogenated alkanes) is 2. The number of halogens is 2. The summed E-state index contributed by atoms with van der Waals surface area (Å²) < 4.78 is 31.6. The van der Waals surface area contributed by atoms with Gasteiger partial charge in [-0.3, -0.25) is 14.4 Å². The Balaban J connectivity index is 1.47. The van der Waals surface area contributed by atoms with Crippen LogP contribution in [0.4, 0.5) is 8.78 Å². The van der Waals surface area contributed by atoms with E-state index in [9.17, 15) is 18.8 Å². The molecule has 1 aliphatic rings. The van der Waals surface area contributed by atoms with Gasteiger partial charge in [0.05, 0.1) is 11.8 Å². The minimum atomic E-state index is -0.520. The quantitative estimate of drug-likeness (QED) is 0.108. The number of carbonyl (C=O) groups is 3. The molecular formula is C40H56F2N6O3S. The third kappa shape index (κ3) is 12.7. The molecule has 2 heterocycles. The molecule has 3 aromatic rings. The lowest BCUT2D eigenvalue weighted by molar-refractivity contribution is -0.134. The summed E-state index contributed by atoms with van der Waals surface area (Å²) >= 11 is 1.42. The molecule has 1 aromatic heterocycles. The highest BCUT2D eigenvalue weighted by Crippen LogP contribution is 2.42. The Morgan fingerprint density at radius 2 is 1.73 bits per heavy atom. The normalized spacial score (nSPS) is 15.0. The van der Waals surface area contributed by atoms with E-state index in [0.717, 1.165) is 62.2 Å². The number of nitrogens with one attached hydrogen (secondary N) is 3. The van der Waals surface area contributed by atoms with E-state index in [1.807, 2.05) is 47.5 Å². The maximum atomic E-state index is 15.1. The summed E-state index contributed by atoms with van der Waals surface area (Å²) in [5, 5.41) is 9.09. The van der Waals surface area contributed by atoms with Gasteiger partial charge in [0.15, 0.2) is 0 Å². The number of nitrogens with zero attached hydrogens (tertiary/aromatic N) is 2. The third-order valence-electron chi connectivity index (χ3n) is 9.29. The van der Waals surface area contributed by atoms with Crippen LogP contribution < -0.4 is 21.7 Å². The van der Waals surface area contributed by atoms with Crippen LogP contribution in [0.15, 0.2) is 60.8 Å². The zero-order valence-corrected chi connectivity index (χ0v) is 31.7. The van der Waals surface area contributed by atoms with Gasteiger partial charge in [0.25, 0.3) is 0 Å². The maximum absolute atomic E-state index is 15.1. The van der Waals surface area contributed by atoms with E-state index >= 15 is 4.39 Å². The van der Waals surface area contributed by atoms with Crippen molar-refractivity contribution in [1.82, 2.24) is 25.4 Å². The van der Waals surface area contributed by atoms with Crippen molar-refractivity contribution in [3.05, 3.63) is 83.7 Å². The zero-order chi connectivity index (χ0) is 37.5. The van der Waals surface area contributed by atoms with E-state index in [0.29, 0.717) is 50.5 Å². The van der Waals surface area contributed by atoms with E-state index in [1.165, 1.54) is 17.8 Å². The topological polar surface area (TPSA) is 121 Å².